The lowest BCUT2D eigenvalue weighted by Gasteiger charge is -2.32. The maximum absolute atomic E-state index is 11.8. The molecule has 7 heteroatoms. The number of halogens is 1. The molecule has 0 aliphatic carbocycles. The Morgan fingerprint density at radius 1 is 1.68 bits per heavy atom. The second-order valence-corrected chi connectivity index (χ2v) is 5.49. The van der Waals surface area contributed by atoms with Gasteiger partial charge in [0, 0.05) is 13.1 Å². The molecule has 0 amide bonds. The predicted octanol–water partition coefficient (Wildman–Crippen LogP) is 1.15. The van der Waals surface area contributed by atoms with Crippen LogP contribution in [0.2, 0.25) is 0 Å². The van der Waals surface area contributed by atoms with E-state index in [2.05, 4.69) is 9.97 Å². The van der Waals surface area contributed by atoms with Gasteiger partial charge >= 0.3 is 5.97 Å². The van der Waals surface area contributed by atoms with Gasteiger partial charge in [-0.05, 0) is 42.4 Å². The van der Waals surface area contributed by atoms with E-state index >= 15 is 0 Å². The molecule has 0 spiro atoms. The van der Waals surface area contributed by atoms with Crippen molar-refractivity contribution in [2.45, 2.75) is 19.8 Å². The number of anilines is 1. The summed E-state index contributed by atoms with van der Waals surface area (Å²) in [6.07, 6.45) is 3.12. The number of nitrogens with zero attached hydrogens (tertiary/aromatic N) is 2. The standard InChI is InChI=1S/C12H16IN3O3/c1-2-19-12(18)8-4-3-5-16(6-8)10-9(13)11(17)15-7-14-10/h7-8H,2-6H2,1H3,(H,14,15,17). The number of hydrogen-bond acceptors (Lipinski definition) is 5. The van der Waals surface area contributed by atoms with Crippen molar-refractivity contribution in [2.24, 2.45) is 5.92 Å². The molecule has 2 rings (SSSR count). The van der Waals surface area contributed by atoms with Crippen LogP contribution in [0, 0.1) is 9.49 Å². The van der Waals surface area contributed by atoms with Crippen LogP contribution in [0.1, 0.15) is 19.8 Å². The molecule has 1 unspecified atom stereocenters. The Morgan fingerprint density at radius 2 is 2.47 bits per heavy atom. The number of nitrogens with one attached hydrogen (secondary N) is 1. The third-order valence-corrected chi connectivity index (χ3v) is 4.09. The Morgan fingerprint density at radius 3 is 3.21 bits per heavy atom. The van der Waals surface area contributed by atoms with Gasteiger partial charge in [0.05, 0.1) is 18.9 Å². The largest absolute Gasteiger partial charge is 0.466 e. The maximum Gasteiger partial charge on any atom is 0.310 e. The molecule has 2 heterocycles. The molecule has 6 nitrogen and oxygen atoms in total. The van der Waals surface area contributed by atoms with Gasteiger partial charge in [0.2, 0.25) is 0 Å². The van der Waals surface area contributed by atoms with E-state index in [4.69, 9.17) is 4.74 Å². The van der Waals surface area contributed by atoms with E-state index in [1.54, 1.807) is 6.92 Å². The zero-order valence-electron chi connectivity index (χ0n) is 10.7. The SMILES string of the molecule is CCOC(=O)C1CCCN(c2nc[nH]c(=O)c2I)C1. The summed E-state index contributed by atoms with van der Waals surface area (Å²) in [5.74, 6) is 0.357. The molecule has 1 aliphatic heterocycles. The highest BCUT2D eigenvalue weighted by molar-refractivity contribution is 14.1. The number of ether oxygens (including phenoxy) is 1. The number of aromatic nitrogens is 2. The molecule has 0 bridgehead atoms. The number of hydrogen-bond donors (Lipinski definition) is 1. The summed E-state index contributed by atoms with van der Waals surface area (Å²) in [5.41, 5.74) is -0.149. The minimum Gasteiger partial charge on any atom is -0.466 e. The molecule has 1 saturated heterocycles. The van der Waals surface area contributed by atoms with Crippen molar-refractivity contribution in [2.75, 3.05) is 24.6 Å². The summed E-state index contributed by atoms with van der Waals surface area (Å²) in [6.45, 7) is 3.57. The van der Waals surface area contributed by atoms with Gasteiger partial charge in [-0.3, -0.25) is 9.59 Å². The molecule has 1 atom stereocenters. The number of carbonyl (C=O) groups excluding carboxylic acids is 1. The Bertz CT molecular complexity index is 517. The van der Waals surface area contributed by atoms with Crippen LogP contribution in [0.3, 0.4) is 0 Å². The Hall–Kier alpha value is -1.12. The molecule has 1 N–H and O–H groups in total. The smallest absolute Gasteiger partial charge is 0.310 e. The number of esters is 1. The molecular formula is C12H16IN3O3. The van der Waals surface area contributed by atoms with Crippen molar-refractivity contribution in [3.05, 3.63) is 20.3 Å². The topological polar surface area (TPSA) is 75.3 Å². The van der Waals surface area contributed by atoms with Crippen molar-refractivity contribution >= 4 is 34.4 Å². The summed E-state index contributed by atoms with van der Waals surface area (Å²) >= 11 is 1.98. The number of carbonyl (C=O) groups is 1. The van der Waals surface area contributed by atoms with Gasteiger partial charge in [-0.1, -0.05) is 0 Å². The molecule has 0 radical (unpaired) electrons. The van der Waals surface area contributed by atoms with Crippen LogP contribution in [0.25, 0.3) is 0 Å². The first-order chi connectivity index (χ1) is 9.13. The third-order valence-electron chi connectivity index (χ3n) is 3.12. The van der Waals surface area contributed by atoms with E-state index in [9.17, 15) is 9.59 Å². The van der Waals surface area contributed by atoms with Gasteiger partial charge < -0.3 is 14.6 Å². The second-order valence-electron chi connectivity index (χ2n) is 4.41. The maximum atomic E-state index is 11.8. The molecule has 1 fully saturated rings. The third kappa shape index (κ3) is 3.26. The van der Waals surface area contributed by atoms with Crippen LogP contribution >= 0.6 is 22.6 Å². The van der Waals surface area contributed by atoms with Crippen LogP contribution in [0.5, 0.6) is 0 Å². The first kappa shape index (κ1) is 14.3. The first-order valence-corrected chi connectivity index (χ1v) is 7.36. The van der Waals surface area contributed by atoms with E-state index < -0.39 is 0 Å². The van der Waals surface area contributed by atoms with Crippen LogP contribution in [0.15, 0.2) is 11.1 Å². The van der Waals surface area contributed by atoms with Gasteiger partial charge in [0.15, 0.2) is 0 Å². The summed E-state index contributed by atoms with van der Waals surface area (Å²) in [5, 5.41) is 0. The van der Waals surface area contributed by atoms with Crippen LogP contribution < -0.4 is 10.5 Å². The fourth-order valence-corrected chi connectivity index (χ4v) is 2.85. The zero-order valence-corrected chi connectivity index (χ0v) is 12.8. The lowest BCUT2D eigenvalue weighted by Crippen LogP contribution is -2.41. The molecule has 1 aromatic heterocycles. The van der Waals surface area contributed by atoms with Gasteiger partial charge in [0.1, 0.15) is 9.39 Å². The van der Waals surface area contributed by atoms with Gasteiger partial charge in [-0.15, -0.1) is 0 Å². The van der Waals surface area contributed by atoms with Crippen molar-refractivity contribution in [1.29, 1.82) is 0 Å². The number of rotatable bonds is 3. The fourth-order valence-electron chi connectivity index (χ4n) is 2.22. The van der Waals surface area contributed by atoms with Crippen molar-refractivity contribution in [1.82, 2.24) is 9.97 Å². The van der Waals surface area contributed by atoms with E-state index in [-0.39, 0.29) is 17.4 Å². The van der Waals surface area contributed by atoms with Crippen molar-refractivity contribution in [3.63, 3.8) is 0 Å². The Balaban J connectivity index is 2.15. The monoisotopic (exact) mass is 377 g/mol. The highest BCUT2D eigenvalue weighted by atomic mass is 127. The molecule has 0 aromatic carbocycles. The lowest BCUT2D eigenvalue weighted by atomic mass is 9.98. The highest BCUT2D eigenvalue weighted by Crippen LogP contribution is 2.24. The zero-order chi connectivity index (χ0) is 13.8. The van der Waals surface area contributed by atoms with E-state index in [0.29, 0.717) is 22.5 Å². The van der Waals surface area contributed by atoms with Gasteiger partial charge in [-0.25, -0.2) is 4.98 Å². The summed E-state index contributed by atoms with van der Waals surface area (Å²) in [4.78, 5) is 32.1. The number of aromatic amines is 1. The fraction of sp³-hybridized carbons (Fsp3) is 0.583. The van der Waals surface area contributed by atoms with E-state index in [0.717, 1.165) is 19.4 Å². The number of H-pyrrole nitrogens is 1. The lowest BCUT2D eigenvalue weighted by molar-refractivity contribution is -0.148. The van der Waals surface area contributed by atoms with Crippen LogP contribution in [0.4, 0.5) is 5.82 Å². The van der Waals surface area contributed by atoms with Crippen molar-refractivity contribution in [3.8, 4) is 0 Å². The Kier molecular flexibility index (Phi) is 4.78. The van der Waals surface area contributed by atoms with Crippen LogP contribution in [-0.4, -0.2) is 35.6 Å². The average Bonchev–Trinajstić information content (AvgIpc) is 2.42. The summed E-state index contributed by atoms with van der Waals surface area (Å²) in [6, 6.07) is 0. The molecule has 0 saturated carbocycles. The average molecular weight is 377 g/mol. The molecule has 19 heavy (non-hydrogen) atoms. The Labute approximate surface area is 124 Å². The normalized spacial score (nSPS) is 19.3. The first-order valence-electron chi connectivity index (χ1n) is 6.28. The second kappa shape index (κ2) is 6.36. The highest BCUT2D eigenvalue weighted by Gasteiger charge is 2.28. The molecular weight excluding hydrogens is 361 g/mol. The molecule has 104 valence electrons. The molecule has 1 aliphatic rings. The quantitative estimate of drug-likeness (QED) is 0.632. The van der Waals surface area contributed by atoms with Gasteiger partial charge in [-0.2, -0.15) is 0 Å². The van der Waals surface area contributed by atoms with Crippen molar-refractivity contribution < 1.29 is 9.53 Å². The summed E-state index contributed by atoms with van der Waals surface area (Å²) < 4.78 is 5.62. The van der Waals surface area contributed by atoms with E-state index in [1.807, 2.05) is 27.5 Å². The minimum absolute atomic E-state index is 0.134. The molecule has 1 aromatic rings. The summed E-state index contributed by atoms with van der Waals surface area (Å²) in [7, 11) is 0. The van der Waals surface area contributed by atoms with Gasteiger partial charge in [0.25, 0.3) is 5.56 Å². The minimum atomic E-state index is -0.160. The number of piperidine rings is 1. The van der Waals surface area contributed by atoms with E-state index in [1.165, 1.54) is 6.33 Å². The van der Waals surface area contributed by atoms with Crippen LogP contribution in [-0.2, 0) is 9.53 Å². The predicted molar refractivity (Wildman–Crippen MR) is 79.1 cm³/mol.